The van der Waals surface area contributed by atoms with Crippen molar-refractivity contribution in [2.75, 3.05) is 18.4 Å². The van der Waals surface area contributed by atoms with E-state index >= 15 is 0 Å². The van der Waals surface area contributed by atoms with E-state index in [0.29, 0.717) is 19.5 Å². The zero-order valence-electron chi connectivity index (χ0n) is 13.5. The van der Waals surface area contributed by atoms with Crippen LogP contribution in [-0.4, -0.2) is 29.9 Å². The van der Waals surface area contributed by atoms with Gasteiger partial charge in [-0.2, -0.15) is 0 Å². The quantitative estimate of drug-likeness (QED) is 0.921. The molecule has 1 aliphatic rings. The highest BCUT2D eigenvalue weighted by molar-refractivity contribution is 6.04. The molecule has 23 heavy (non-hydrogen) atoms. The van der Waals surface area contributed by atoms with Gasteiger partial charge in [0.05, 0.1) is 6.54 Å². The van der Waals surface area contributed by atoms with Gasteiger partial charge < -0.3 is 5.32 Å². The van der Waals surface area contributed by atoms with Gasteiger partial charge in [0.25, 0.3) is 0 Å². The summed E-state index contributed by atoms with van der Waals surface area (Å²) in [5.41, 5.74) is 4.53. The summed E-state index contributed by atoms with van der Waals surface area (Å²) in [5.74, 6) is 0.835. The Morgan fingerprint density at radius 1 is 1.13 bits per heavy atom. The van der Waals surface area contributed by atoms with E-state index in [1.165, 1.54) is 16.7 Å². The van der Waals surface area contributed by atoms with Gasteiger partial charge in [-0.05, 0) is 42.7 Å². The number of para-hydroxylation sites is 1. The summed E-state index contributed by atoms with van der Waals surface area (Å²) in [6.07, 6.45) is 0.684. The maximum atomic E-state index is 12.5. The fourth-order valence-corrected chi connectivity index (χ4v) is 2.67. The number of carbonyl (C=O) groups excluding carboxylic acids is 1. The lowest BCUT2D eigenvalue weighted by Crippen LogP contribution is -2.38. The van der Waals surface area contributed by atoms with Crippen molar-refractivity contribution in [3.05, 3.63) is 65.2 Å². The summed E-state index contributed by atoms with van der Waals surface area (Å²) < 4.78 is 0. The Balaban J connectivity index is 1.69. The van der Waals surface area contributed by atoms with Crippen molar-refractivity contribution >= 4 is 17.6 Å². The highest BCUT2D eigenvalue weighted by atomic mass is 16.2. The minimum Gasteiger partial charge on any atom is -0.308 e. The van der Waals surface area contributed by atoms with Crippen LogP contribution in [0.2, 0.25) is 0 Å². The molecule has 0 fully saturated rings. The average Bonchev–Trinajstić information content (AvgIpc) is 3.00. The topological polar surface area (TPSA) is 44.7 Å². The molecule has 4 nitrogen and oxygen atoms in total. The molecule has 2 aromatic carbocycles. The highest BCUT2D eigenvalue weighted by Gasteiger charge is 2.23. The second-order valence-corrected chi connectivity index (χ2v) is 5.84. The summed E-state index contributed by atoms with van der Waals surface area (Å²) in [7, 11) is 0. The minimum absolute atomic E-state index is 0.115. The van der Waals surface area contributed by atoms with Crippen LogP contribution in [0.5, 0.6) is 0 Å². The first-order valence-electron chi connectivity index (χ1n) is 7.86. The summed E-state index contributed by atoms with van der Waals surface area (Å²) in [6, 6.07) is 15.8. The SMILES string of the molecule is Cc1ccc(CC2=NCCN2C(=O)Nc2ccccc2)cc1C. The van der Waals surface area contributed by atoms with Crippen molar-refractivity contribution in [3.63, 3.8) is 0 Å². The monoisotopic (exact) mass is 307 g/mol. The zero-order valence-corrected chi connectivity index (χ0v) is 13.5. The summed E-state index contributed by atoms with van der Waals surface area (Å²) >= 11 is 0. The Morgan fingerprint density at radius 2 is 1.91 bits per heavy atom. The lowest BCUT2D eigenvalue weighted by molar-refractivity contribution is 0.236. The van der Waals surface area contributed by atoms with Crippen LogP contribution in [0.15, 0.2) is 53.5 Å². The number of nitrogens with zero attached hydrogens (tertiary/aromatic N) is 2. The lowest BCUT2D eigenvalue weighted by Gasteiger charge is -2.19. The molecule has 1 heterocycles. The Morgan fingerprint density at radius 3 is 2.65 bits per heavy atom. The molecule has 0 spiro atoms. The first kappa shape index (κ1) is 15.3. The number of urea groups is 1. The van der Waals surface area contributed by atoms with Crippen molar-refractivity contribution in [1.82, 2.24) is 4.90 Å². The largest absolute Gasteiger partial charge is 0.327 e. The number of aliphatic imine (C=N–C) groups is 1. The first-order chi connectivity index (χ1) is 11.1. The van der Waals surface area contributed by atoms with Crippen molar-refractivity contribution in [2.24, 2.45) is 4.99 Å². The number of amidine groups is 1. The van der Waals surface area contributed by atoms with Gasteiger partial charge in [0, 0.05) is 18.7 Å². The zero-order chi connectivity index (χ0) is 16.2. The number of amides is 2. The highest BCUT2D eigenvalue weighted by Crippen LogP contribution is 2.15. The van der Waals surface area contributed by atoms with E-state index in [0.717, 1.165) is 11.5 Å². The fraction of sp³-hybridized carbons (Fsp3) is 0.263. The molecule has 0 atom stereocenters. The molecule has 0 bridgehead atoms. The van der Waals surface area contributed by atoms with Crippen LogP contribution in [0.3, 0.4) is 0 Å². The standard InChI is InChI=1S/C19H21N3O/c1-14-8-9-16(12-15(14)2)13-18-20-10-11-22(18)19(23)21-17-6-4-3-5-7-17/h3-9,12H,10-11,13H2,1-2H3,(H,21,23). The molecule has 2 aromatic rings. The third kappa shape index (κ3) is 3.59. The maximum Gasteiger partial charge on any atom is 0.327 e. The van der Waals surface area contributed by atoms with E-state index in [2.05, 4.69) is 42.4 Å². The Labute approximate surface area is 136 Å². The average molecular weight is 307 g/mol. The Bertz CT molecular complexity index is 738. The van der Waals surface area contributed by atoms with Gasteiger partial charge in [0.2, 0.25) is 0 Å². The van der Waals surface area contributed by atoms with Crippen LogP contribution >= 0.6 is 0 Å². The number of rotatable bonds is 3. The summed E-state index contributed by atoms with van der Waals surface area (Å²) in [6.45, 7) is 5.52. The van der Waals surface area contributed by atoms with Crippen LogP contribution in [-0.2, 0) is 6.42 Å². The van der Waals surface area contributed by atoms with Crippen LogP contribution in [0.25, 0.3) is 0 Å². The van der Waals surface area contributed by atoms with Crippen molar-refractivity contribution in [3.8, 4) is 0 Å². The molecular formula is C19H21N3O. The van der Waals surface area contributed by atoms with Gasteiger partial charge in [-0.3, -0.25) is 9.89 Å². The number of hydrogen-bond donors (Lipinski definition) is 1. The normalized spacial score (nSPS) is 13.8. The van der Waals surface area contributed by atoms with Gasteiger partial charge in [-0.15, -0.1) is 0 Å². The number of anilines is 1. The van der Waals surface area contributed by atoms with Gasteiger partial charge in [-0.1, -0.05) is 36.4 Å². The summed E-state index contributed by atoms with van der Waals surface area (Å²) in [5, 5.41) is 2.93. The molecule has 2 amide bonds. The molecule has 1 aliphatic heterocycles. The predicted molar refractivity (Wildman–Crippen MR) is 94.1 cm³/mol. The molecule has 118 valence electrons. The molecule has 0 unspecified atom stereocenters. The molecule has 0 saturated carbocycles. The third-order valence-corrected chi connectivity index (χ3v) is 4.13. The molecular weight excluding hydrogens is 286 g/mol. The van der Waals surface area contributed by atoms with E-state index < -0.39 is 0 Å². The molecule has 1 N–H and O–H groups in total. The molecule has 0 radical (unpaired) electrons. The number of benzene rings is 2. The second-order valence-electron chi connectivity index (χ2n) is 5.84. The predicted octanol–water partition coefficient (Wildman–Crippen LogP) is 3.79. The van der Waals surface area contributed by atoms with E-state index in [1.54, 1.807) is 4.90 Å². The summed E-state index contributed by atoms with van der Waals surface area (Å²) in [4.78, 5) is 18.7. The third-order valence-electron chi connectivity index (χ3n) is 4.13. The van der Waals surface area contributed by atoms with E-state index in [-0.39, 0.29) is 6.03 Å². The molecule has 4 heteroatoms. The van der Waals surface area contributed by atoms with Gasteiger partial charge >= 0.3 is 6.03 Å². The van der Waals surface area contributed by atoms with E-state index in [1.807, 2.05) is 30.3 Å². The molecule has 0 aromatic heterocycles. The van der Waals surface area contributed by atoms with Crippen molar-refractivity contribution < 1.29 is 4.79 Å². The smallest absolute Gasteiger partial charge is 0.308 e. The van der Waals surface area contributed by atoms with Crippen LogP contribution < -0.4 is 5.32 Å². The van der Waals surface area contributed by atoms with Crippen molar-refractivity contribution in [1.29, 1.82) is 0 Å². The van der Waals surface area contributed by atoms with E-state index in [9.17, 15) is 4.79 Å². The van der Waals surface area contributed by atoms with Crippen LogP contribution in [0.4, 0.5) is 10.5 Å². The van der Waals surface area contributed by atoms with Gasteiger partial charge in [0.1, 0.15) is 5.84 Å². The van der Waals surface area contributed by atoms with Crippen molar-refractivity contribution in [2.45, 2.75) is 20.3 Å². The molecule has 3 rings (SSSR count). The number of aryl methyl sites for hydroxylation is 2. The molecule has 0 aliphatic carbocycles. The number of hydrogen-bond acceptors (Lipinski definition) is 2. The van der Waals surface area contributed by atoms with Gasteiger partial charge in [0.15, 0.2) is 0 Å². The number of nitrogens with one attached hydrogen (secondary N) is 1. The van der Waals surface area contributed by atoms with E-state index in [4.69, 9.17) is 0 Å². The lowest BCUT2D eigenvalue weighted by atomic mass is 10.0. The first-order valence-corrected chi connectivity index (χ1v) is 7.86. The second kappa shape index (κ2) is 6.65. The Hall–Kier alpha value is -2.62. The minimum atomic E-state index is -0.115. The Kier molecular flexibility index (Phi) is 4.42. The molecule has 0 saturated heterocycles. The van der Waals surface area contributed by atoms with Crippen LogP contribution in [0, 0.1) is 13.8 Å². The maximum absolute atomic E-state index is 12.5. The number of carbonyl (C=O) groups is 1. The van der Waals surface area contributed by atoms with Crippen LogP contribution in [0.1, 0.15) is 16.7 Å². The fourth-order valence-electron chi connectivity index (χ4n) is 2.67. The van der Waals surface area contributed by atoms with Gasteiger partial charge in [-0.25, -0.2) is 4.79 Å².